The Balaban J connectivity index is 1.57. The maximum absolute atomic E-state index is 11.5. The van der Waals surface area contributed by atoms with E-state index in [1.165, 1.54) is 5.57 Å². The van der Waals surface area contributed by atoms with Crippen LogP contribution in [0.25, 0.3) is 0 Å². The third-order valence-electron chi connectivity index (χ3n) is 10.5. The van der Waals surface area contributed by atoms with Crippen LogP contribution < -0.4 is 0 Å². The van der Waals surface area contributed by atoms with E-state index in [2.05, 4.69) is 26.0 Å². The summed E-state index contributed by atoms with van der Waals surface area (Å²) < 4.78 is 74.1. The summed E-state index contributed by atoms with van der Waals surface area (Å²) in [6.07, 6.45) is 9.52. The highest BCUT2D eigenvalue weighted by Gasteiger charge is 2.60. The van der Waals surface area contributed by atoms with Crippen LogP contribution in [0.4, 0.5) is 0 Å². The van der Waals surface area contributed by atoms with E-state index in [-0.39, 0.29) is 29.3 Å². The number of hydrogen-bond donors (Lipinski definition) is 3. The van der Waals surface area contributed by atoms with E-state index < -0.39 is 33.0 Å². The highest BCUT2D eigenvalue weighted by Crippen LogP contribution is 2.67. The maximum atomic E-state index is 11.5. The number of allylic oxidation sites excluding steroid dienone is 3. The van der Waals surface area contributed by atoms with Crippen LogP contribution in [-0.4, -0.2) is 49.9 Å². The van der Waals surface area contributed by atoms with Crippen molar-refractivity contribution < 1.29 is 39.4 Å². The van der Waals surface area contributed by atoms with Gasteiger partial charge in [0.2, 0.25) is 0 Å². The molecule has 4 aliphatic rings. The fourth-order valence-corrected chi connectivity index (χ4v) is 9.75. The van der Waals surface area contributed by atoms with Crippen LogP contribution in [0.1, 0.15) is 85.5 Å². The molecule has 0 aromatic heterocycles. The molecule has 0 bridgehead atoms. The van der Waals surface area contributed by atoms with Crippen molar-refractivity contribution in [2.75, 3.05) is 6.61 Å². The van der Waals surface area contributed by atoms with Crippen LogP contribution in [0.3, 0.4) is 0 Å². The molecule has 0 amide bonds. The molecule has 0 aromatic carbocycles. The molecule has 0 heterocycles. The molecule has 9 atom stereocenters. The van der Waals surface area contributed by atoms with Gasteiger partial charge in [0.1, 0.15) is 6.10 Å². The summed E-state index contributed by atoms with van der Waals surface area (Å²) in [5.41, 5.74) is 2.04. The van der Waals surface area contributed by atoms with E-state index in [4.69, 9.17) is 8.37 Å². The number of aliphatic hydroxyl groups is 1. The molecule has 4 aliphatic carbocycles. The van der Waals surface area contributed by atoms with Crippen LogP contribution in [0.15, 0.2) is 23.3 Å². The Morgan fingerprint density at radius 1 is 1.11 bits per heavy atom. The van der Waals surface area contributed by atoms with Gasteiger partial charge in [-0.2, -0.15) is 16.8 Å². The van der Waals surface area contributed by atoms with Gasteiger partial charge in [-0.05, 0) is 112 Å². The third kappa shape index (κ3) is 6.24. The highest BCUT2D eigenvalue weighted by molar-refractivity contribution is 7.81. The Morgan fingerprint density at radius 2 is 1.82 bits per heavy atom. The minimum absolute atomic E-state index is 0.000389. The van der Waals surface area contributed by atoms with Gasteiger partial charge in [0.05, 0.1) is 12.7 Å². The average Bonchev–Trinajstić information content (AvgIpc) is 3.12. The van der Waals surface area contributed by atoms with Crippen molar-refractivity contribution in [1.82, 2.24) is 0 Å². The van der Waals surface area contributed by atoms with E-state index in [1.807, 2.05) is 13.8 Å². The molecule has 0 aromatic rings. The van der Waals surface area contributed by atoms with Gasteiger partial charge < -0.3 is 5.11 Å². The van der Waals surface area contributed by atoms with Crippen molar-refractivity contribution in [2.24, 2.45) is 40.4 Å². The number of aliphatic hydroxyl groups excluding tert-OH is 1. The van der Waals surface area contributed by atoms with Gasteiger partial charge in [-0.3, -0.25) is 9.11 Å². The van der Waals surface area contributed by atoms with E-state index in [0.717, 1.165) is 50.5 Å². The molecule has 3 N–H and O–H groups in total. The summed E-state index contributed by atoms with van der Waals surface area (Å²) >= 11 is 0. The van der Waals surface area contributed by atoms with Gasteiger partial charge in [-0.15, -0.1) is 0 Å². The zero-order valence-corrected chi connectivity index (χ0v) is 24.5. The summed E-state index contributed by atoms with van der Waals surface area (Å²) in [5, 5.41) is 10.6. The Kier molecular flexibility index (Phi) is 8.62. The zero-order chi connectivity index (χ0) is 28.1. The Bertz CT molecular complexity index is 1160. The van der Waals surface area contributed by atoms with Crippen LogP contribution in [0, 0.1) is 40.4 Å². The maximum Gasteiger partial charge on any atom is 0.397 e. The number of fused-ring (bicyclic) bond motifs is 5. The molecule has 9 nitrogen and oxygen atoms in total. The molecule has 4 rings (SSSR count). The van der Waals surface area contributed by atoms with E-state index in [0.29, 0.717) is 30.6 Å². The topological polar surface area (TPSA) is 147 Å². The molecule has 3 fully saturated rings. The van der Waals surface area contributed by atoms with Gasteiger partial charge in [-0.1, -0.05) is 37.1 Å². The van der Waals surface area contributed by atoms with E-state index in [9.17, 15) is 31.0 Å². The summed E-state index contributed by atoms with van der Waals surface area (Å²) in [6, 6.07) is 0. The first kappa shape index (κ1) is 30.1. The molecule has 0 radical (unpaired) electrons. The molecule has 0 aliphatic heterocycles. The van der Waals surface area contributed by atoms with Crippen molar-refractivity contribution in [3.63, 3.8) is 0 Å². The molecule has 0 spiro atoms. The lowest BCUT2D eigenvalue weighted by atomic mass is 9.46. The van der Waals surface area contributed by atoms with Crippen molar-refractivity contribution >= 4 is 20.8 Å². The molecule has 38 heavy (non-hydrogen) atoms. The Labute approximate surface area is 228 Å². The number of hydrogen-bond acceptors (Lipinski definition) is 7. The zero-order valence-electron chi connectivity index (χ0n) is 22.9. The van der Waals surface area contributed by atoms with Crippen LogP contribution >= 0.6 is 0 Å². The smallest absolute Gasteiger partial charge is 0.390 e. The van der Waals surface area contributed by atoms with Crippen LogP contribution in [-0.2, 0) is 29.2 Å². The molecule has 218 valence electrons. The summed E-state index contributed by atoms with van der Waals surface area (Å²) in [7, 11) is -9.20. The summed E-state index contributed by atoms with van der Waals surface area (Å²) in [6.45, 7) is 8.55. The Morgan fingerprint density at radius 3 is 2.45 bits per heavy atom. The lowest BCUT2D eigenvalue weighted by Gasteiger charge is -2.59. The van der Waals surface area contributed by atoms with E-state index >= 15 is 0 Å². The van der Waals surface area contributed by atoms with Crippen molar-refractivity contribution in [1.29, 1.82) is 0 Å². The number of rotatable bonds is 9. The fourth-order valence-electron chi connectivity index (χ4n) is 8.90. The predicted octanol–water partition coefficient (Wildman–Crippen LogP) is 4.91. The monoisotopic (exact) mass is 576 g/mol. The predicted molar refractivity (Wildman–Crippen MR) is 143 cm³/mol. The third-order valence-corrected chi connectivity index (χ3v) is 11.4. The minimum atomic E-state index is -4.68. The largest absolute Gasteiger partial charge is 0.397 e. The molecular weight excluding hydrogens is 532 g/mol. The van der Waals surface area contributed by atoms with Crippen molar-refractivity contribution in [3.8, 4) is 0 Å². The van der Waals surface area contributed by atoms with Gasteiger partial charge in [0.15, 0.2) is 0 Å². The molecule has 3 saturated carbocycles. The highest BCUT2D eigenvalue weighted by atomic mass is 32.3. The molecule has 11 heteroatoms. The van der Waals surface area contributed by atoms with Gasteiger partial charge >= 0.3 is 20.8 Å². The molecule has 7 unspecified atom stereocenters. The van der Waals surface area contributed by atoms with Crippen LogP contribution in [0.2, 0.25) is 0 Å². The van der Waals surface area contributed by atoms with Gasteiger partial charge in [0.25, 0.3) is 0 Å². The van der Waals surface area contributed by atoms with E-state index in [1.54, 1.807) is 0 Å². The van der Waals surface area contributed by atoms with Gasteiger partial charge in [0, 0.05) is 0 Å². The summed E-state index contributed by atoms with van der Waals surface area (Å²) in [4.78, 5) is 0. The fraction of sp³-hybridized carbons (Fsp3) is 0.852. The quantitative estimate of drug-likeness (QED) is 0.257. The minimum Gasteiger partial charge on any atom is -0.390 e. The Hall–Kier alpha value is -0.820. The van der Waals surface area contributed by atoms with Crippen molar-refractivity contribution in [3.05, 3.63) is 23.3 Å². The summed E-state index contributed by atoms with van der Waals surface area (Å²) in [5.74, 6) is 1.38. The normalized spacial score (nSPS) is 39.9. The first-order valence-corrected chi connectivity index (χ1v) is 16.5. The average molecular weight is 577 g/mol. The first-order valence-electron chi connectivity index (χ1n) is 13.8. The van der Waals surface area contributed by atoms with Gasteiger partial charge in [-0.25, -0.2) is 8.37 Å². The molecule has 0 saturated heterocycles. The second-order valence-corrected chi connectivity index (χ2v) is 15.0. The second kappa shape index (κ2) is 10.9. The van der Waals surface area contributed by atoms with Crippen LogP contribution in [0.5, 0.6) is 0 Å². The molecular formula is C27H44O9S2. The first-order chi connectivity index (χ1) is 17.5. The lowest BCUT2D eigenvalue weighted by molar-refractivity contribution is -0.0852. The second-order valence-electron chi connectivity index (χ2n) is 12.9. The SMILES string of the molecule is CC(C)=CCCC(COS(=O)(=O)O)C1CCC2C3CC=C4C[C@H](O)[C@@H](OS(=O)(=O)O)CC4(C)C3CCC12C. The lowest BCUT2D eigenvalue weighted by Crippen LogP contribution is -2.54. The van der Waals surface area contributed by atoms with Crippen molar-refractivity contribution in [2.45, 2.75) is 97.7 Å². The standard InChI is InChI=1S/C27H44O9S2/c1-17(2)6-5-7-18(16-35-37(29,30)31)21-10-11-22-20-9-8-19-14-24(28)25(36-38(32,33)34)15-27(19,4)23(20)12-13-26(21,22)3/h6,8,18,20-25,28H,5,7,9-16H2,1-4H3,(H,29,30,31)(H,32,33,34)/t18?,20?,21?,22?,23?,24-,25-,26?,27?/m0/s1.